The lowest BCUT2D eigenvalue weighted by Gasteiger charge is -2.52. The van der Waals surface area contributed by atoms with Crippen molar-refractivity contribution in [2.24, 2.45) is 11.8 Å². The number of hydrogen-bond donors (Lipinski definition) is 1. The van der Waals surface area contributed by atoms with Crippen LogP contribution in [0.3, 0.4) is 0 Å². The van der Waals surface area contributed by atoms with E-state index in [4.69, 9.17) is 14.2 Å². The molecule has 2 atom stereocenters. The first-order chi connectivity index (χ1) is 16.2. The molecule has 1 N–H and O–H groups in total. The molecule has 2 bridgehead atoms. The SMILES string of the molecule is OC(CO[C@@H]1C[N+]2(COCOc3ccccc3)CCC1CC2)(c1ccccc1)C1CCCC1. The maximum absolute atomic E-state index is 11.9. The molecule has 178 valence electrons. The van der Waals surface area contributed by atoms with E-state index in [-0.39, 0.29) is 18.8 Å². The molecule has 0 amide bonds. The van der Waals surface area contributed by atoms with Crippen LogP contribution in [0.15, 0.2) is 60.7 Å². The molecule has 33 heavy (non-hydrogen) atoms. The standard InChI is InChI=1S/C28H38NO4/c30-28(25-11-7-8-12-25,24-9-3-1-4-10-24)20-32-27-19-29(17-15-23(27)16-18-29)21-31-22-33-26-13-5-2-6-14-26/h1-6,9-10,13-14,23,25,27,30H,7-8,11-12,15-22H2/q+1/t23?,27-,28?,29?/m1/s1. The molecule has 0 spiro atoms. The molecule has 5 heteroatoms. The maximum atomic E-state index is 11.9. The summed E-state index contributed by atoms with van der Waals surface area (Å²) in [4.78, 5) is 0. The molecular weight excluding hydrogens is 414 g/mol. The van der Waals surface area contributed by atoms with Crippen LogP contribution in [0, 0.1) is 11.8 Å². The van der Waals surface area contributed by atoms with Gasteiger partial charge in [0.2, 0.25) is 0 Å². The number of quaternary nitrogens is 1. The lowest BCUT2D eigenvalue weighted by Crippen LogP contribution is -2.65. The van der Waals surface area contributed by atoms with Crippen LogP contribution < -0.4 is 4.74 Å². The van der Waals surface area contributed by atoms with Crippen molar-refractivity contribution in [1.82, 2.24) is 0 Å². The predicted molar refractivity (Wildman–Crippen MR) is 128 cm³/mol. The first kappa shape index (κ1) is 22.9. The molecule has 4 aliphatic rings. The smallest absolute Gasteiger partial charge is 0.194 e. The van der Waals surface area contributed by atoms with Crippen molar-refractivity contribution in [2.75, 3.05) is 39.8 Å². The summed E-state index contributed by atoms with van der Waals surface area (Å²) in [7, 11) is 0. The molecule has 1 saturated carbocycles. The number of rotatable bonds is 10. The average Bonchev–Trinajstić information content (AvgIpc) is 3.43. The number of nitrogens with zero attached hydrogens (tertiary/aromatic N) is 1. The van der Waals surface area contributed by atoms with Crippen LogP contribution in [0.25, 0.3) is 0 Å². The number of para-hydroxylation sites is 1. The number of piperidine rings is 3. The van der Waals surface area contributed by atoms with E-state index >= 15 is 0 Å². The van der Waals surface area contributed by atoms with Gasteiger partial charge in [0.25, 0.3) is 0 Å². The van der Waals surface area contributed by atoms with Gasteiger partial charge in [0.15, 0.2) is 13.5 Å². The van der Waals surface area contributed by atoms with Gasteiger partial charge in [0.1, 0.15) is 24.0 Å². The van der Waals surface area contributed by atoms with Gasteiger partial charge in [-0.15, -0.1) is 0 Å². The third-order valence-electron chi connectivity index (χ3n) is 8.28. The quantitative estimate of drug-likeness (QED) is 0.322. The zero-order valence-corrected chi connectivity index (χ0v) is 19.6. The third-order valence-corrected chi connectivity index (χ3v) is 8.28. The summed E-state index contributed by atoms with van der Waals surface area (Å²) in [6.07, 6.45) is 7.09. The summed E-state index contributed by atoms with van der Waals surface area (Å²) in [5, 5.41) is 11.9. The van der Waals surface area contributed by atoms with Gasteiger partial charge in [-0.05, 0) is 36.5 Å². The Hall–Kier alpha value is -1.92. The Balaban J connectivity index is 1.19. The number of ether oxygens (including phenoxy) is 3. The monoisotopic (exact) mass is 452 g/mol. The Kier molecular flexibility index (Phi) is 7.02. The molecular formula is C28H38NO4+. The van der Waals surface area contributed by atoms with Gasteiger partial charge in [-0.3, -0.25) is 9.22 Å². The van der Waals surface area contributed by atoms with Crippen molar-refractivity contribution in [2.45, 2.75) is 50.2 Å². The molecule has 1 unspecified atom stereocenters. The number of aliphatic hydroxyl groups is 1. The van der Waals surface area contributed by atoms with E-state index in [2.05, 4.69) is 12.1 Å². The highest BCUT2D eigenvalue weighted by atomic mass is 16.7. The minimum absolute atomic E-state index is 0.183. The van der Waals surface area contributed by atoms with Gasteiger partial charge in [-0.1, -0.05) is 61.4 Å². The Morgan fingerprint density at radius 2 is 1.55 bits per heavy atom. The van der Waals surface area contributed by atoms with Crippen LogP contribution in [0.2, 0.25) is 0 Å². The van der Waals surface area contributed by atoms with Crippen LogP contribution in [-0.2, 0) is 15.1 Å². The van der Waals surface area contributed by atoms with E-state index in [1.54, 1.807) is 0 Å². The Morgan fingerprint density at radius 3 is 2.24 bits per heavy atom. The second kappa shape index (κ2) is 10.1. The van der Waals surface area contributed by atoms with Crippen LogP contribution >= 0.6 is 0 Å². The van der Waals surface area contributed by atoms with E-state index < -0.39 is 5.60 Å². The van der Waals surface area contributed by atoms with Crippen LogP contribution in [0.4, 0.5) is 0 Å². The van der Waals surface area contributed by atoms with Crippen molar-refractivity contribution < 1.29 is 23.8 Å². The summed E-state index contributed by atoms with van der Waals surface area (Å²) in [5.74, 6) is 1.71. The Bertz CT molecular complexity index is 862. The van der Waals surface area contributed by atoms with Crippen molar-refractivity contribution in [3.05, 3.63) is 66.2 Å². The highest BCUT2D eigenvalue weighted by Crippen LogP contribution is 2.42. The van der Waals surface area contributed by atoms with E-state index in [0.29, 0.717) is 19.3 Å². The lowest BCUT2D eigenvalue weighted by molar-refractivity contribution is -0.963. The van der Waals surface area contributed by atoms with Crippen LogP contribution in [0.1, 0.15) is 44.1 Å². The molecule has 3 aliphatic heterocycles. The molecule has 3 saturated heterocycles. The predicted octanol–water partition coefficient (Wildman–Crippen LogP) is 4.70. The van der Waals surface area contributed by atoms with E-state index in [0.717, 1.165) is 48.3 Å². The Labute approximate surface area is 197 Å². The zero-order chi connectivity index (χ0) is 22.6. The van der Waals surface area contributed by atoms with Gasteiger partial charge in [-0.2, -0.15) is 0 Å². The van der Waals surface area contributed by atoms with Gasteiger partial charge in [-0.25, -0.2) is 0 Å². The fourth-order valence-electron chi connectivity index (χ4n) is 6.25. The molecule has 3 heterocycles. The second-order valence-corrected chi connectivity index (χ2v) is 10.3. The first-order valence-corrected chi connectivity index (χ1v) is 12.7. The van der Waals surface area contributed by atoms with Crippen molar-refractivity contribution in [3.8, 4) is 5.75 Å². The highest BCUT2D eigenvalue weighted by Gasteiger charge is 2.48. The second-order valence-electron chi connectivity index (χ2n) is 10.3. The van der Waals surface area contributed by atoms with Gasteiger partial charge in [0, 0.05) is 18.8 Å². The molecule has 2 aromatic carbocycles. The minimum Gasteiger partial charge on any atom is -0.467 e. The number of hydrogen-bond acceptors (Lipinski definition) is 4. The summed E-state index contributed by atoms with van der Waals surface area (Å²) < 4.78 is 19.2. The summed E-state index contributed by atoms with van der Waals surface area (Å²) in [6, 6.07) is 20.0. The van der Waals surface area contributed by atoms with E-state index in [1.165, 1.54) is 25.7 Å². The molecule has 0 aromatic heterocycles. The van der Waals surface area contributed by atoms with Crippen LogP contribution in [-0.4, -0.2) is 55.5 Å². The fourth-order valence-corrected chi connectivity index (χ4v) is 6.25. The minimum atomic E-state index is -0.894. The lowest BCUT2D eigenvalue weighted by atomic mass is 9.80. The molecule has 0 radical (unpaired) electrons. The molecule has 4 fully saturated rings. The molecule has 1 aliphatic carbocycles. The van der Waals surface area contributed by atoms with Crippen molar-refractivity contribution >= 4 is 0 Å². The summed E-state index contributed by atoms with van der Waals surface area (Å²) in [5.41, 5.74) is 0.109. The summed E-state index contributed by atoms with van der Waals surface area (Å²) >= 11 is 0. The largest absolute Gasteiger partial charge is 0.467 e. The maximum Gasteiger partial charge on any atom is 0.194 e. The molecule has 2 aromatic rings. The highest BCUT2D eigenvalue weighted by molar-refractivity contribution is 5.24. The van der Waals surface area contributed by atoms with Gasteiger partial charge in [0.05, 0.1) is 19.7 Å². The molecule has 5 nitrogen and oxygen atoms in total. The fraction of sp³-hybridized carbons (Fsp3) is 0.571. The third kappa shape index (κ3) is 5.12. The van der Waals surface area contributed by atoms with E-state index in [9.17, 15) is 5.11 Å². The topological polar surface area (TPSA) is 47.9 Å². The zero-order valence-electron chi connectivity index (χ0n) is 19.6. The Morgan fingerprint density at radius 1 is 0.879 bits per heavy atom. The number of benzene rings is 2. The normalized spacial score (nSPS) is 29.1. The van der Waals surface area contributed by atoms with Crippen molar-refractivity contribution in [1.29, 1.82) is 0 Å². The molecule has 6 rings (SSSR count). The van der Waals surface area contributed by atoms with Crippen LogP contribution in [0.5, 0.6) is 5.75 Å². The average molecular weight is 453 g/mol. The van der Waals surface area contributed by atoms with Gasteiger partial charge < -0.3 is 14.6 Å². The van der Waals surface area contributed by atoms with Gasteiger partial charge >= 0.3 is 0 Å². The first-order valence-electron chi connectivity index (χ1n) is 12.7. The van der Waals surface area contributed by atoms with Crippen molar-refractivity contribution in [3.63, 3.8) is 0 Å². The van der Waals surface area contributed by atoms with E-state index in [1.807, 2.05) is 48.5 Å². The number of fused-ring (bicyclic) bond motifs is 3. The summed E-state index contributed by atoms with van der Waals surface area (Å²) in [6.45, 7) is 4.56.